The van der Waals surface area contributed by atoms with E-state index in [0.717, 1.165) is 51.4 Å². The van der Waals surface area contributed by atoms with E-state index in [4.69, 9.17) is 9.78 Å². The molecule has 0 aromatic rings. The molecule has 0 aromatic carbocycles. The number of hydrogen-bond acceptors (Lipinski definition) is 4. The lowest BCUT2D eigenvalue weighted by atomic mass is 9.97. The molecular formula is C32H62O4. The Morgan fingerprint density at radius 2 is 0.389 bits per heavy atom. The van der Waals surface area contributed by atoms with Crippen LogP contribution in [0.4, 0.5) is 0 Å². The Morgan fingerprint density at radius 1 is 0.250 bits per heavy atom. The van der Waals surface area contributed by atoms with Gasteiger partial charge in [-0.2, -0.15) is 9.78 Å². The molecule has 0 atom stereocenters. The minimum Gasteiger partial charge on any atom is -0.363 e. The highest BCUT2D eigenvalue weighted by Crippen LogP contribution is 2.31. The van der Waals surface area contributed by atoms with Crippen molar-refractivity contribution in [1.82, 2.24) is 0 Å². The Labute approximate surface area is 224 Å². The van der Waals surface area contributed by atoms with Crippen LogP contribution in [0, 0.1) is 0 Å². The van der Waals surface area contributed by atoms with Gasteiger partial charge < -0.3 is 10.2 Å². The predicted molar refractivity (Wildman–Crippen MR) is 151 cm³/mol. The maximum Gasteiger partial charge on any atom is 0.199 e. The summed E-state index contributed by atoms with van der Waals surface area (Å²) in [5.74, 6) is -2.55. The van der Waals surface area contributed by atoms with Gasteiger partial charge in [-0.25, -0.2) is 0 Å². The van der Waals surface area contributed by atoms with E-state index in [1.165, 1.54) is 116 Å². The number of aliphatic hydroxyl groups is 2. The molecule has 0 bridgehead atoms. The molecule has 4 heteroatoms. The Kier molecular flexibility index (Phi) is 18.5. The van der Waals surface area contributed by atoms with E-state index >= 15 is 0 Å². The fourth-order valence-corrected chi connectivity index (χ4v) is 6.07. The van der Waals surface area contributed by atoms with Crippen LogP contribution in [0.25, 0.3) is 0 Å². The summed E-state index contributed by atoms with van der Waals surface area (Å²) in [6.07, 6.45) is 34.6. The van der Waals surface area contributed by atoms with Crippen LogP contribution in [0.2, 0.25) is 0 Å². The second kappa shape index (κ2) is 20.8. The summed E-state index contributed by atoms with van der Waals surface area (Å²) in [5.41, 5.74) is 0. The second-order valence-electron chi connectivity index (χ2n) is 12.3. The largest absolute Gasteiger partial charge is 0.363 e. The van der Waals surface area contributed by atoms with E-state index in [-0.39, 0.29) is 0 Å². The zero-order valence-electron chi connectivity index (χ0n) is 23.9. The van der Waals surface area contributed by atoms with Crippen molar-refractivity contribution in [2.75, 3.05) is 0 Å². The maximum absolute atomic E-state index is 11.4. The molecule has 0 aromatic heterocycles. The van der Waals surface area contributed by atoms with E-state index in [2.05, 4.69) is 0 Å². The van der Waals surface area contributed by atoms with Crippen molar-refractivity contribution in [3.8, 4) is 0 Å². The zero-order chi connectivity index (χ0) is 25.6. The average molecular weight is 511 g/mol. The van der Waals surface area contributed by atoms with Gasteiger partial charge in [0.25, 0.3) is 0 Å². The first kappa shape index (κ1) is 32.1. The SMILES string of the molecule is OC1(OOC2(O)CCCCCCCCCCCCCCC2)CCCCCCCCCCCCCCC1. The smallest absolute Gasteiger partial charge is 0.199 e. The molecule has 0 aliphatic heterocycles. The molecule has 214 valence electrons. The van der Waals surface area contributed by atoms with Crippen LogP contribution in [0.15, 0.2) is 0 Å². The molecule has 2 fully saturated rings. The summed E-state index contributed by atoms with van der Waals surface area (Å²) in [7, 11) is 0. The van der Waals surface area contributed by atoms with E-state index in [1.54, 1.807) is 0 Å². The highest BCUT2D eigenvalue weighted by atomic mass is 17.2. The van der Waals surface area contributed by atoms with Crippen molar-refractivity contribution in [1.29, 1.82) is 0 Å². The van der Waals surface area contributed by atoms with E-state index in [0.29, 0.717) is 25.7 Å². The summed E-state index contributed by atoms with van der Waals surface area (Å²) in [6, 6.07) is 0. The number of rotatable bonds is 3. The van der Waals surface area contributed by atoms with Gasteiger partial charge >= 0.3 is 0 Å². The van der Waals surface area contributed by atoms with Crippen molar-refractivity contribution < 1.29 is 20.0 Å². The van der Waals surface area contributed by atoms with Gasteiger partial charge in [0.1, 0.15) is 0 Å². The Bertz CT molecular complexity index is 419. The first-order valence-corrected chi connectivity index (χ1v) is 16.4. The molecule has 2 rings (SSSR count). The standard InChI is InChI=1S/C32H62O4/c33-31(27-23-19-15-11-7-3-1-4-8-12-16-20-24-28-31)35-36-32(34)29-25-21-17-13-9-5-2-6-10-14-18-22-26-30-32/h33-34H,1-30H2. The monoisotopic (exact) mass is 510 g/mol. The van der Waals surface area contributed by atoms with E-state index in [1.807, 2.05) is 0 Å². The summed E-state index contributed by atoms with van der Waals surface area (Å²) in [6.45, 7) is 0. The van der Waals surface area contributed by atoms with Gasteiger partial charge in [0.15, 0.2) is 11.6 Å². The molecule has 4 nitrogen and oxygen atoms in total. The van der Waals surface area contributed by atoms with Crippen LogP contribution in [0.1, 0.15) is 193 Å². The molecule has 0 amide bonds. The Morgan fingerprint density at radius 3 is 0.556 bits per heavy atom. The third kappa shape index (κ3) is 16.6. The Balaban J connectivity index is 1.87. The lowest BCUT2D eigenvalue weighted by Gasteiger charge is -2.33. The topological polar surface area (TPSA) is 58.9 Å². The highest BCUT2D eigenvalue weighted by molar-refractivity contribution is 4.70. The van der Waals surface area contributed by atoms with Crippen LogP contribution < -0.4 is 0 Å². The first-order chi connectivity index (χ1) is 17.6. The van der Waals surface area contributed by atoms with Gasteiger partial charge in [-0.15, -0.1) is 0 Å². The van der Waals surface area contributed by atoms with Gasteiger partial charge in [-0.3, -0.25) is 0 Å². The van der Waals surface area contributed by atoms with Crippen LogP contribution in [-0.2, 0) is 9.78 Å². The summed E-state index contributed by atoms with van der Waals surface area (Å²) in [5, 5.41) is 22.8. The summed E-state index contributed by atoms with van der Waals surface area (Å²) >= 11 is 0. The minimum atomic E-state index is -1.28. The van der Waals surface area contributed by atoms with Crippen LogP contribution in [0.5, 0.6) is 0 Å². The van der Waals surface area contributed by atoms with Crippen molar-refractivity contribution in [2.45, 2.75) is 204 Å². The molecule has 0 saturated heterocycles. The molecule has 2 N–H and O–H groups in total. The maximum atomic E-state index is 11.4. The molecule has 2 saturated carbocycles. The van der Waals surface area contributed by atoms with Crippen LogP contribution in [-0.4, -0.2) is 21.8 Å². The molecule has 2 aliphatic carbocycles. The fourth-order valence-electron chi connectivity index (χ4n) is 6.07. The third-order valence-electron chi connectivity index (χ3n) is 8.62. The minimum absolute atomic E-state index is 0.600. The summed E-state index contributed by atoms with van der Waals surface area (Å²) in [4.78, 5) is 11.7. The van der Waals surface area contributed by atoms with Crippen LogP contribution in [0.3, 0.4) is 0 Å². The first-order valence-electron chi connectivity index (χ1n) is 16.4. The quantitative estimate of drug-likeness (QED) is 0.225. The molecule has 0 radical (unpaired) electrons. The van der Waals surface area contributed by atoms with Crippen molar-refractivity contribution in [3.05, 3.63) is 0 Å². The molecular weight excluding hydrogens is 448 g/mol. The van der Waals surface area contributed by atoms with E-state index in [9.17, 15) is 10.2 Å². The van der Waals surface area contributed by atoms with Crippen molar-refractivity contribution in [3.63, 3.8) is 0 Å². The average Bonchev–Trinajstić information content (AvgIpc) is 2.86. The Hall–Kier alpha value is -0.160. The molecule has 0 heterocycles. The lowest BCUT2D eigenvalue weighted by Crippen LogP contribution is -2.40. The van der Waals surface area contributed by atoms with Crippen molar-refractivity contribution in [2.24, 2.45) is 0 Å². The molecule has 0 spiro atoms. The fraction of sp³-hybridized carbons (Fsp3) is 1.00. The van der Waals surface area contributed by atoms with Gasteiger partial charge in [-0.05, 0) is 25.7 Å². The molecule has 36 heavy (non-hydrogen) atoms. The van der Waals surface area contributed by atoms with Gasteiger partial charge in [0.05, 0.1) is 0 Å². The van der Waals surface area contributed by atoms with Crippen LogP contribution >= 0.6 is 0 Å². The lowest BCUT2D eigenvalue weighted by molar-refractivity contribution is -0.498. The second-order valence-corrected chi connectivity index (χ2v) is 12.3. The third-order valence-corrected chi connectivity index (χ3v) is 8.62. The highest BCUT2D eigenvalue weighted by Gasteiger charge is 2.35. The van der Waals surface area contributed by atoms with Gasteiger partial charge in [0.2, 0.25) is 0 Å². The van der Waals surface area contributed by atoms with Crippen molar-refractivity contribution >= 4 is 0 Å². The van der Waals surface area contributed by atoms with E-state index < -0.39 is 11.6 Å². The van der Waals surface area contributed by atoms with Gasteiger partial charge in [-0.1, -0.05) is 141 Å². The zero-order valence-corrected chi connectivity index (χ0v) is 23.9. The number of hydrogen-bond donors (Lipinski definition) is 2. The normalized spacial score (nSPS) is 26.2. The van der Waals surface area contributed by atoms with Gasteiger partial charge in [0, 0.05) is 25.7 Å². The summed E-state index contributed by atoms with van der Waals surface area (Å²) < 4.78 is 0. The molecule has 2 aliphatic rings. The molecule has 0 unspecified atom stereocenters. The predicted octanol–water partition coefficient (Wildman–Crippen LogP) is 10.0.